The lowest BCUT2D eigenvalue weighted by Gasteiger charge is -2.26. The van der Waals surface area contributed by atoms with Crippen molar-refractivity contribution in [3.8, 4) is 29.1 Å². The average Bonchev–Trinajstić information content (AvgIpc) is 2.96. The van der Waals surface area contributed by atoms with Crippen LogP contribution in [-0.2, 0) is 6.61 Å². The fraction of sp³-hybridized carbons (Fsp3) is 0.0968. The number of allylic oxidation sites excluding steroid dienone is 1. The molecule has 7 heteroatoms. The van der Waals surface area contributed by atoms with Gasteiger partial charge in [0.15, 0.2) is 0 Å². The third kappa shape index (κ3) is 5.15. The summed E-state index contributed by atoms with van der Waals surface area (Å²) in [6, 6.07) is 31.3. The second-order valence-corrected chi connectivity index (χ2v) is 8.59. The Labute approximate surface area is 220 Å². The molecular weight excluding hydrogens is 480 g/mol. The van der Waals surface area contributed by atoms with Crippen LogP contribution in [0.3, 0.4) is 0 Å². The van der Waals surface area contributed by atoms with Gasteiger partial charge >= 0.3 is 5.97 Å². The van der Waals surface area contributed by atoms with Crippen LogP contribution in [0.15, 0.2) is 109 Å². The summed E-state index contributed by atoms with van der Waals surface area (Å²) in [5.74, 6) is 1.10. The van der Waals surface area contributed by atoms with Gasteiger partial charge in [-0.15, -0.1) is 0 Å². The number of nitrogens with two attached hydrogens (primary N) is 1. The number of fused-ring (bicyclic) bond motifs is 1. The Morgan fingerprint density at radius 3 is 2.29 bits per heavy atom. The summed E-state index contributed by atoms with van der Waals surface area (Å²) in [7, 11) is 1.56. The number of benzene rings is 4. The Morgan fingerprint density at radius 2 is 1.61 bits per heavy atom. The summed E-state index contributed by atoms with van der Waals surface area (Å²) >= 11 is 0. The molecule has 0 radical (unpaired) electrons. The van der Waals surface area contributed by atoms with Crippen LogP contribution in [0.1, 0.15) is 33.0 Å². The maximum Gasteiger partial charge on any atom is 0.343 e. The van der Waals surface area contributed by atoms with Crippen LogP contribution in [-0.4, -0.2) is 13.1 Å². The molecule has 0 saturated heterocycles. The lowest BCUT2D eigenvalue weighted by Crippen LogP contribution is -2.21. The normalized spacial score (nSPS) is 14.1. The van der Waals surface area contributed by atoms with Gasteiger partial charge in [0, 0.05) is 11.6 Å². The number of carbonyl (C=O) groups excluding carboxylic acids is 1. The van der Waals surface area contributed by atoms with Crippen LogP contribution in [0.25, 0.3) is 0 Å². The van der Waals surface area contributed by atoms with E-state index in [4.69, 9.17) is 24.7 Å². The first kappa shape index (κ1) is 24.5. The van der Waals surface area contributed by atoms with Gasteiger partial charge in [-0.1, -0.05) is 48.5 Å². The molecule has 5 rings (SSSR count). The van der Waals surface area contributed by atoms with E-state index in [9.17, 15) is 10.1 Å². The Bertz CT molecular complexity index is 1520. The van der Waals surface area contributed by atoms with Crippen LogP contribution in [0.2, 0.25) is 0 Å². The van der Waals surface area contributed by atoms with Crippen LogP contribution < -0.4 is 24.7 Å². The molecule has 1 aliphatic heterocycles. The highest BCUT2D eigenvalue weighted by Gasteiger charge is 2.31. The highest BCUT2D eigenvalue weighted by molar-refractivity contribution is 5.91. The van der Waals surface area contributed by atoms with Gasteiger partial charge in [0.05, 0.1) is 18.6 Å². The molecule has 0 aromatic heterocycles. The number of hydrogen-bond acceptors (Lipinski definition) is 7. The van der Waals surface area contributed by atoms with Gasteiger partial charge in [0.2, 0.25) is 5.88 Å². The van der Waals surface area contributed by atoms with Gasteiger partial charge in [0.1, 0.15) is 41.2 Å². The fourth-order valence-corrected chi connectivity index (χ4v) is 4.23. The first-order valence-corrected chi connectivity index (χ1v) is 11.9. The smallest absolute Gasteiger partial charge is 0.343 e. The van der Waals surface area contributed by atoms with Gasteiger partial charge in [-0.2, -0.15) is 5.26 Å². The number of nitrogens with zero attached hydrogens (tertiary/aromatic N) is 1. The summed E-state index contributed by atoms with van der Waals surface area (Å²) in [6.45, 7) is 0.453. The molecule has 4 aromatic carbocycles. The van der Waals surface area contributed by atoms with E-state index >= 15 is 0 Å². The van der Waals surface area contributed by atoms with E-state index < -0.39 is 11.9 Å². The highest BCUT2D eigenvalue weighted by Crippen LogP contribution is 2.43. The van der Waals surface area contributed by atoms with Crippen molar-refractivity contribution < 1.29 is 23.7 Å². The predicted octanol–water partition coefficient (Wildman–Crippen LogP) is 5.71. The number of ether oxygens (including phenoxy) is 4. The SMILES string of the molecule is COc1ccc(C(=O)Oc2ccc3c(c2)OC(N)=C(C#N)C3c2ccc(OCc3ccccc3)cc2)cc1. The summed E-state index contributed by atoms with van der Waals surface area (Å²) in [4.78, 5) is 12.6. The molecule has 188 valence electrons. The van der Waals surface area contributed by atoms with E-state index in [1.165, 1.54) is 0 Å². The third-order valence-corrected chi connectivity index (χ3v) is 6.19. The summed E-state index contributed by atoms with van der Waals surface area (Å²) < 4.78 is 22.3. The van der Waals surface area contributed by atoms with E-state index in [2.05, 4.69) is 6.07 Å². The monoisotopic (exact) mass is 504 g/mol. The first-order valence-electron chi connectivity index (χ1n) is 11.9. The van der Waals surface area contributed by atoms with Crippen molar-refractivity contribution in [1.82, 2.24) is 0 Å². The zero-order valence-corrected chi connectivity index (χ0v) is 20.6. The van der Waals surface area contributed by atoms with Gasteiger partial charge in [-0.25, -0.2) is 4.79 Å². The van der Waals surface area contributed by atoms with Crippen molar-refractivity contribution in [3.05, 3.63) is 131 Å². The summed E-state index contributed by atoms with van der Waals surface area (Å²) in [6.07, 6.45) is 0. The molecule has 0 amide bonds. The molecule has 0 aliphatic carbocycles. The van der Waals surface area contributed by atoms with E-state index in [1.54, 1.807) is 49.6 Å². The topological polar surface area (TPSA) is 104 Å². The molecular formula is C31H24N2O5. The summed E-state index contributed by atoms with van der Waals surface area (Å²) in [5.41, 5.74) is 9.47. The fourth-order valence-electron chi connectivity index (χ4n) is 4.23. The molecule has 0 fully saturated rings. The number of carbonyl (C=O) groups is 1. The third-order valence-electron chi connectivity index (χ3n) is 6.19. The van der Waals surface area contributed by atoms with E-state index in [0.717, 1.165) is 16.7 Å². The molecule has 0 bridgehead atoms. The maximum atomic E-state index is 12.6. The van der Waals surface area contributed by atoms with Gasteiger partial charge in [0.25, 0.3) is 0 Å². The number of esters is 1. The molecule has 1 heterocycles. The van der Waals surface area contributed by atoms with Crippen molar-refractivity contribution in [2.75, 3.05) is 7.11 Å². The second kappa shape index (κ2) is 10.8. The molecule has 2 N–H and O–H groups in total. The number of methoxy groups -OCH3 is 1. The van der Waals surface area contributed by atoms with Crippen LogP contribution in [0, 0.1) is 11.3 Å². The Morgan fingerprint density at radius 1 is 0.921 bits per heavy atom. The largest absolute Gasteiger partial charge is 0.497 e. The van der Waals surface area contributed by atoms with Crippen LogP contribution in [0.4, 0.5) is 0 Å². The molecule has 4 aromatic rings. The number of nitriles is 1. The maximum absolute atomic E-state index is 12.6. The van der Waals surface area contributed by atoms with Crippen LogP contribution in [0.5, 0.6) is 23.0 Å². The van der Waals surface area contributed by atoms with Crippen molar-refractivity contribution >= 4 is 5.97 Å². The van der Waals surface area contributed by atoms with E-state index in [1.807, 2.05) is 54.6 Å². The molecule has 0 saturated carbocycles. The molecule has 1 unspecified atom stereocenters. The zero-order chi connectivity index (χ0) is 26.5. The number of hydrogen-bond donors (Lipinski definition) is 1. The lowest BCUT2D eigenvalue weighted by molar-refractivity contribution is 0.0734. The van der Waals surface area contributed by atoms with Crippen LogP contribution >= 0.6 is 0 Å². The first-order chi connectivity index (χ1) is 18.6. The average molecular weight is 505 g/mol. The number of rotatable bonds is 7. The van der Waals surface area contributed by atoms with Crippen molar-refractivity contribution in [2.24, 2.45) is 5.73 Å². The van der Waals surface area contributed by atoms with Crippen molar-refractivity contribution in [2.45, 2.75) is 12.5 Å². The molecule has 1 aliphatic rings. The zero-order valence-electron chi connectivity index (χ0n) is 20.6. The van der Waals surface area contributed by atoms with Gasteiger partial charge in [-0.05, 0) is 53.6 Å². The Hall–Kier alpha value is -5.22. The van der Waals surface area contributed by atoms with E-state index in [0.29, 0.717) is 40.7 Å². The van der Waals surface area contributed by atoms with Gasteiger partial charge < -0.3 is 24.7 Å². The standard InChI is InChI=1S/C31H24N2O5/c1-35-23-11-9-22(10-12-23)31(34)37-25-15-16-26-28(17-25)38-30(33)27(18-32)29(26)21-7-13-24(14-8-21)36-19-20-5-3-2-4-6-20/h2-17,29H,19,33H2,1H3. The minimum absolute atomic E-state index is 0.00744. The highest BCUT2D eigenvalue weighted by atomic mass is 16.5. The second-order valence-electron chi connectivity index (χ2n) is 8.59. The molecule has 7 nitrogen and oxygen atoms in total. The van der Waals surface area contributed by atoms with Crippen molar-refractivity contribution in [3.63, 3.8) is 0 Å². The Balaban J connectivity index is 1.37. The minimum Gasteiger partial charge on any atom is -0.497 e. The predicted molar refractivity (Wildman–Crippen MR) is 141 cm³/mol. The Kier molecular flexibility index (Phi) is 6.96. The van der Waals surface area contributed by atoms with Crippen molar-refractivity contribution in [1.29, 1.82) is 5.26 Å². The molecule has 1 atom stereocenters. The lowest BCUT2D eigenvalue weighted by atomic mass is 9.83. The molecule has 0 spiro atoms. The quantitative estimate of drug-likeness (QED) is 0.254. The minimum atomic E-state index is -0.521. The van der Waals surface area contributed by atoms with E-state index in [-0.39, 0.29) is 5.88 Å². The van der Waals surface area contributed by atoms with Gasteiger partial charge in [-0.3, -0.25) is 0 Å². The molecule has 38 heavy (non-hydrogen) atoms. The summed E-state index contributed by atoms with van der Waals surface area (Å²) in [5, 5.41) is 9.85.